The van der Waals surface area contributed by atoms with Gasteiger partial charge in [0.1, 0.15) is 0 Å². The zero-order valence-electron chi connectivity index (χ0n) is 14.4. The Hall–Kier alpha value is -3.12. The lowest BCUT2D eigenvalue weighted by Gasteiger charge is -2.11. The number of hydrogen-bond acceptors (Lipinski definition) is 0. The quantitative estimate of drug-likeness (QED) is 0.432. The molecule has 4 aromatic rings. The molecular formula is C25H20. The van der Waals surface area contributed by atoms with E-state index in [0.717, 1.165) is 0 Å². The van der Waals surface area contributed by atoms with Gasteiger partial charge in [0.25, 0.3) is 0 Å². The van der Waals surface area contributed by atoms with E-state index >= 15 is 0 Å². The highest BCUT2D eigenvalue weighted by Gasteiger charge is 2.08. The van der Waals surface area contributed by atoms with Crippen molar-refractivity contribution in [1.82, 2.24) is 0 Å². The van der Waals surface area contributed by atoms with Gasteiger partial charge in [-0.25, -0.2) is 0 Å². The van der Waals surface area contributed by atoms with Crippen LogP contribution in [0.3, 0.4) is 0 Å². The molecule has 0 heteroatoms. The van der Waals surface area contributed by atoms with E-state index in [1.54, 1.807) is 0 Å². The van der Waals surface area contributed by atoms with Crippen LogP contribution >= 0.6 is 0 Å². The van der Waals surface area contributed by atoms with Gasteiger partial charge in [-0.2, -0.15) is 0 Å². The number of allylic oxidation sites excluding steroid dienone is 1. The number of benzene rings is 4. The summed E-state index contributed by atoms with van der Waals surface area (Å²) in [5, 5.41) is 7.60. The Morgan fingerprint density at radius 3 is 2.20 bits per heavy atom. The van der Waals surface area contributed by atoms with Crippen molar-refractivity contribution in [2.75, 3.05) is 0 Å². The molecule has 4 rings (SSSR count). The molecule has 0 aliphatic carbocycles. The van der Waals surface area contributed by atoms with Crippen LogP contribution in [0.15, 0.2) is 85.5 Å². The van der Waals surface area contributed by atoms with Gasteiger partial charge in [-0.3, -0.25) is 0 Å². The standard InChI is InChI=1S/C25H20/c1-3-9-19-16-21(15-14-18(19)4-2)25-17-20-10-5-6-11-22(20)23-12-7-8-13-24(23)25/h3-17H,1H2,2H3/b18-4-,19-9-. The molecule has 25 heavy (non-hydrogen) atoms. The Labute approximate surface area is 148 Å². The van der Waals surface area contributed by atoms with Crippen molar-refractivity contribution in [3.05, 3.63) is 95.9 Å². The minimum atomic E-state index is 1.20. The maximum absolute atomic E-state index is 3.86. The van der Waals surface area contributed by atoms with Crippen LogP contribution in [0.1, 0.15) is 6.92 Å². The second kappa shape index (κ2) is 6.41. The van der Waals surface area contributed by atoms with E-state index < -0.39 is 0 Å². The summed E-state index contributed by atoms with van der Waals surface area (Å²) >= 11 is 0. The highest BCUT2D eigenvalue weighted by molar-refractivity contribution is 6.13. The van der Waals surface area contributed by atoms with Gasteiger partial charge in [-0.15, -0.1) is 0 Å². The van der Waals surface area contributed by atoms with E-state index in [-0.39, 0.29) is 0 Å². The second-order valence-corrected chi connectivity index (χ2v) is 6.23. The zero-order valence-corrected chi connectivity index (χ0v) is 14.4. The predicted octanol–water partition coefficient (Wildman–Crippen LogP) is 5.43. The fourth-order valence-electron chi connectivity index (χ4n) is 3.57. The monoisotopic (exact) mass is 320 g/mol. The van der Waals surface area contributed by atoms with Crippen LogP contribution in [0.2, 0.25) is 0 Å². The van der Waals surface area contributed by atoms with Gasteiger partial charge < -0.3 is 0 Å². The molecule has 0 heterocycles. The Balaban J connectivity index is 2.12. The van der Waals surface area contributed by atoms with Crippen molar-refractivity contribution in [3.8, 4) is 11.1 Å². The van der Waals surface area contributed by atoms with Crippen molar-refractivity contribution < 1.29 is 0 Å². The zero-order chi connectivity index (χ0) is 17.2. The molecule has 4 aromatic carbocycles. The van der Waals surface area contributed by atoms with Gasteiger partial charge in [0.05, 0.1) is 0 Å². The fraction of sp³-hybridized carbons (Fsp3) is 0.0400. The van der Waals surface area contributed by atoms with Crippen LogP contribution in [0.4, 0.5) is 0 Å². The van der Waals surface area contributed by atoms with E-state index in [1.807, 2.05) is 6.08 Å². The van der Waals surface area contributed by atoms with Crippen molar-refractivity contribution in [3.63, 3.8) is 0 Å². The van der Waals surface area contributed by atoms with Crippen LogP contribution in [0, 0.1) is 0 Å². The van der Waals surface area contributed by atoms with Gasteiger partial charge >= 0.3 is 0 Å². The van der Waals surface area contributed by atoms with E-state index in [4.69, 9.17) is 0 Å². The van der Waals surface area contributed by atoms with Crippen molar-refractivity contribution in [2.24, 2.45) is 0 Å². The minimum Gasteiger partial charge on any atom is -0.0990 e. The largest absolute Gasteiger partial charge is 0.0990 e. The lowest BCUT2D eigenvalue weighted by atomic mass is 9.93. The van der Waals surface area contributed by atoms with Gasteiger partial charge in [0.2, 0.25) is 0 Å². The molecular weight excluding hydrogens is 300 g/mol. The van der Waals surface area contributed by atoms with Crippen LogP contribution in [0.25, 0.3) is 44.8 Å². The molecule has 0 saturated heterocycles. The molecule has 0 aliphatic heterocycles. The van der Waals surface area contributed by atoms with Crippen LogP contribution in [-0.2, 0) is 0 Å². The molecule has 0 amide bonds. The highest BCUT2D eigenvalue weighted by Crippen LogP contribution is 2.34. The van der Waals surface area contributed by atoms with E-state index in [1.165, 1.54) is 43.1 Å². The van der Waals surface area contributed by atoms with Crippen LogP contribution < -0.4 is 10.4 Å². The predicted molar refractivity (Wildman–Crippen MR) is 111 cm³/mol. The Morgan fingerprint density at radius 1 is 0.720 bits per heavy atom. The molecule has 0 atom stereocenters. The second-order valence-electron chi connectivity index (χ2n) is 6.23. The first-order chi connectivity index (χ1) is 12.3. The maximum atomic E-state index is 3.86. The average molecular weight is 320 g/mol. The van der Waals surface area contributed by atoms with Gasteiger partial charge in [0.15, 0.2) is 0 Å². The third kappa shape index (κ3) is 2.66. The first kappa shape index (κ1) is 15.4. The molecule has 0 radical (unpaired) electrons. The normalized spacial score (nSPS) is 12.8. The van der Waals surface area contributed by atoms with Gasteiger partial charge in [-0.1, -0.05) is 85.5 Å². The summed E-state index contributed by atoms with van der Waals surface area (Å²) in [6, 6.07) is 26.2. The molecule has 120 valence electrons. The van der Waals surface area contributed by atoms with E-state index in [9.17, 15) is 0 Å². The minimum absolute atomic E-state index is 1.20. The number of rotatable bonds is 2. The average Bonchev–Trinajstić information content (AvgIpc) is 2.67. The van der Waals surface area contributed by atoms with Crippen LogP contribution in [-0.4, -0.2) is 0 Å². The lowest BCUT2D eigenvalue weighted by Crippen LogP contribution is -2.23. The first-order valence-electron chi connectivity index (χ1n) is 8.62. The Bertz CT molecular complexity index is 1210. The molecule has 0 nitrogen and oxygen atoms in total. The number of hydrogen-bond donors (Lipinski definition) is 0. The van der Waals surface area contributed by atoms with Crippen molar-refractivity contribution in [1.29, 1.82) is 0 Å². The van der Waals surface area contributed by atoms with Gasteiger partial charge in [-0.05, 0) is 62.2 Å². The third-order valence-corrected chi connectivity index (χ3v) is 4.77. The van der Waals surface area contributed by atoms with Crippen LogP contribution in [0.5, 0.6) is 0 Å². The lowest BCUT2D eigenvalue weighted by molar-refractivity contribution is 1.50. The molecule has 0 N–H and O–H groups in total. The summed E-state index contributed by atoms with van der Waals surface area (Å²) in [6.07, 6.45) is 6.06. The molecule has 0 unspecified atom stereocenters. The first-order valence-corrected chi connectivity index (χ1v) is 8.62. The molecule has 0 fully saturated rings. The summed E-state index contributed by atoms with van der Waals surface area (Å²) in [5.41, 5.74) is 2.51. The summed E-state index contributed by atoms with van der Waals surface area (Å²) in [4.78, 5) is 0. The maximum Gasteiger partial charge on any atom is -0.00988 e. The summed E-state index contributed by atoms with van der Waals surface area (Å²) in [6.45, 7) is 5.93. The summed E-state index contributed by atoms with van der Waals surface area (Å²) < 4.78 is 0. The number of fused-ring (bicyclic) bond motifs is 3. The van der Waals surface area contributed by atoms with E-state index in [0.29, 0.717) is 0 Å². The van der Waals surface area contributed by atoms with Crippen molar-refractivity contribution in [2.45, 2.75) is 6.92 Å². The molecule has 0 saturated carbocycles. The fourth-order valence-corrected chi connectivity index (χ4v) is 3.57. The molecule has 0 spiro atoms. The molecule has 0 aromatic heterocycles. The van der Waals surface area contributed by atoms with E-state index in [2.05, 4.69) is 98.5 Å². The topological polar surface area (TPSA) is 0 Å². The highest BCUT2D eigenvalue weighted by atomic mass is 14.1. The van der Waals surface area contributed by atoms with Gasteiger partial charge in [0, 0.05) is 0 Å². The smallest absolute Gasteiger partial charge is 0.00988 e. The molecule has 0 aliphatic rings. The Kier molecular flexibility index (Phi) is 3.95. The summed E-state index contributed by atoms with van der Waals surface area (Å²) in [5.74, 6) is 0. The summed E-state index contributed by atoms with van der Waals surface area (Å²) in [7, 11) is 0. The third-order valence-electron chi connectivity index (χ3n) is 4.77. The molecule has 0 bridgehead atoms. The van der Waals surface area contributed by atoms with Crippen molar-refractivity contribution >= 4 is 33.7 Å². The SMILES string of the molecule is C=C/C=c1/cc(-c2cc3ccccc3c3ccccc23)cc/c1=C/C. The Morgan fingerprint density at radius 2 is 1.44 bits per heavy atom.